The smallest absolute Gasteiger partial charge is 0.0594 e. The second-order valence-corrected chi connectivity index (χ2v) is 14.4. The highest BCUT2D eigenvalue weighted by Crippen LogP contribution is 2.75. The zero-order chi connectivity index (χ0) is 22.6. The predicted molar refractivity (Wildman–Crippen MR) is 131 cm³/mol. The molecule has 5 aliphatic rings. The Morgan fingerprint density at radius 1 is 0.839 bits per heavy atom. The molecule has 0 spiro atoms. The van der Waals surface area contributed by atoms with Crippen molar-refractivity contribution in [2.45, 2.75) is 106 Å². The van der Waals surface area contributed by atoms with E-state index in [9.17, 15) is 5.11 Å². The fourth-order valence-electron chi connectivity index (χ4n) is 10.7. The highest BCUT2D eigenvalue weighted by Gasteiger charge is 2.69. The lowest BCUT2D eigenvalue weighted by Crippen LogP contribution is -2.65. The molecule has 5 rings (SSSR count). The summed E-state index contributed by atoms with van der Waals surface area (Å²) < 4.78 is 0. The molecule has 0 bridgehead atoms. The minimum atomic E-state index is -0.143. The maximum atomic E-state index is 10.9. The normalized spacial score (nSPS) is 57.4. The Morgan fingerprint density at radius 2 is 1.55 bits per heavy atom. The van der Waals surface area contributed by atoms with Crippen molar-refractivity contribution in [2.24, 2.45) is 56.7 Å². The summed E-state index contributed by atoms with van der Waals surface area (Å²) in [6.45, 7) is 22.0. The van der Waals surface area contributed by atoms with Crippen molar-refractivity contribution in [3.8, 4) is 0 Å². The molecule has 0 aliphatic heterocycles. The van der Waals surface area contributed by atoms with Gasteiger partial charge in [-0.3, -0.25) is 0 Å². The zero-order valence-corrected chi connectivity index (χ0v) is 21.4. The van der Waals surface area contributed by atoms with Crippen molar-refractivity contribution in [1.29, 1.82) is 0 Å². The van der Waals surface area contributed by atoms with Crippen LogP contribution in [0.4, 0.5) is 0 Å². The lowest BCUT2D eigenvalue weighted by Gasteiger charge is -2.71. The minimum absolute atomic E-state index is 0.0293. The van der Waals surface area contributed by atoms with E-state index in [0.717, 1.165) is 12.3 Å². The van der Waals surface area contributed by atoms with E-state index in [1.165, 1.54) is 50.5 Å². The van der Waals surface area contributed by atoms with Crippen LogP contribution in [0.15, 0.2) is 24.3 Å². The molecule has 1 unspecified atom stereocenters. The van der Waals surface area contributed by atoms with Gasteiger partial charge in [-0.05, 0) is 115 Å². The van der Waals surface area contributed by atoms with Crippen LogP contribution in [0.1, 0.15) is 99.8 Å². The SMILES string of the molecule is C=C(C)[C@@H]1CC[C@]2(C)CC[C@]3(C)[C@H](C=C[C@@H]4[C@@]5(C)CC[C@H](O)C(C)(C)C5CC[C@]43C)[C@@H]12. The predicted octanol–water partition coefficient (Wildman–Crippen LogP) is 7.80. The molecular weight excluding hydrogens is 376 g/mol. The average molecular weight is 425 g/mol. The Hall–Kier alpha value is -0.560. The Morgan fingerprint density at radius 3 is 2.23 bits per heavy atom. The van der Waals surface area contributed by atoms with Crippen molar-refractivity contribution in [1.82, 2.24) is 0 Å². The second-order valence-electron chi connectivity index (χ2n) is 14.4. The Labute approximate surface area is 192 Å². The highest BCUT2D eigenvalue weighted by atomic mass is 16.3. The molecule has 5 aliphatic carbocycles. The number of fused-ring (bicyclic) bond motifs is 7. The van der Waals surface area contributed by atoms with Crippen molar-refractivity contribution in [2.75, 3.05) is 0 Å². The summed E-state index contributed by atoms with van der Waals surface area (Å²) in [7, 11) is 0. The lowest BCUT2D eigenvalue weighted by molar-refractivity contribution is -0.210. The number of aliphatic hydroxyl groups is 1. The highest BCUT2D eigenvalue weighted by molar-refractivity contribution is 5.27. The number of aliphatic hydroxyl groups excluding tert-OH is 1. The molecule has 0 aromatic carbocycles. The number of hydrogen-bond donors (Lipinski definition) is 1. The molecule has 0 heterocycles. The van der Waals surface area contributed by atoms with E-state index in [-0.39, 0.29) is 11.5 Å². The standard InChI is InChI=1S/C30H48O/c1-19(2)20-11-14-27(5)17-18-29(7)21(25(20)27)9-10-23-28(6)15-13-24(31)26(3,4)22(28)12-16-30(23,29)8/h9-10,20-25,31H,1,11-18H2,2-8H3/t20-,21+,22?,23+,24-,25+,27+,28-,29+,30+/m0/s1. The van der Waals surface area contributed by atoms with Crippen LogP contribution >= 0.6 is 0 Å². The molecule has 0 aromatic heterocycles. The third-order valence-corrected chi connectivity index (χ3v) is 12.9. The molecule has 4 fully saturated rings. The van der Waals surface area contributed by atoms with Crippen LogP contribution in [0, 0.1) is 56.7 Å². The van der Waals surface area contributed by atoms with Crippen LogP contribution in [-0.4, -0.2) is 11.2 Å². The van der Waals surface area contributed by atoms with E-state index in [2.05, 4.69) is 67.2 Å². The van der Waals surface area contributed by atoms with E-state index >= 15 is 0 Å². The fraction of sp³-hybridized carbons (Fsp3) is 0.867. The van der Waals surface area contributed by atoms with Crippen LogP contribution in [0.25, 0.3) is 0 Å². The van der Waals surface area contributed by atoms with Gasteiger partial charge in [0.05, 0.1) is 6.10 Å². The summed E-state index contributed by atoms with van der Waals surface area (Å²) in [5.41, 5.74) is 3.01. The second kappa shape index (κ2) is 6.52. The van der Waals surface area contributed by atoms with Crippen molar-refractivity contribution in [3.05, 3.63) is 24.3 Å². The van der Waals surface area contributed by atoms with Gasteiger partial charge in [0.1, 0.15) is 0 Å². The van der Waals surface area contributed by atoms with E-state index < -0.39 is 0 Å². The first-order valence-corrected chi connectivity index (χ1v) is 13.3. The summed E-state index contributed by atoms with van der Waals surface area (Å²) in [4.78, 5) is 0. The van der Waals surface area contributed by atoms with Crippen LogP contribution < -0.4 is 0 Å². The molecule has 4 saturated carbocycles. The van der Waals surface area contributed by atoms with Crippen LogP contribution in [0.5, 0.6) is 0 Å². The maximum absolute atomic E-state index is 10.9. The molecular formula is C30H48O. The Bertz CT molecular complexity index is 807. The van der Waals surface area contributed by atoms with Gasteiger partial charge in [0.25, 0.3) is 0 Å². The van der Waals surface area contributed by atoms with E-state index in [0.29, 0.717) is 45.3 Å². The number of hydrogen-bond acceptors (Lipinski definition) is 1. The largest absolute Gasteiger partial charge is 0.393 e. The zero-order valence-electron chi connectivity index (χ0n) is 21.4. The van der Waals surface area contributed by atoms with Crippen molar-refractivity contribution >= 4 is 0 Å². The molecule has 10 atom stereocenters. The first kappa shape index (κ1) is 22.2. The van der Waals surface area contributed by atoms with Gasteiger partial charge < -0.3 is 5.11 Å². The van der Waals surface area contributed by atoms with Gasteiger partial charge in [-0.15, -0.1) is 0 Å². The topological polar surface area (TPSA) is 20.2 Å². The lowest BCUT2D eigenvalue weighted by atomic mass is 9.34. The van der Waals surface area contributed by atoms with E-state index in [1.807, 2.05) is 0 Å². The molecule has 0 saturated heterocycles. The molecule has 1 N–H and O–H groups in total. The molecule has 174 valence electrons. The first-order chi connectivity index (χ1) is 14.3. The quantitative estimate of drug-likeness (QED) is 0.426. The van der Waals surface area contributed by atoms with Gasteiger partial charge in [-0.2, -0.15) is 0 Å². The van der Waals surface area contributed by atoms with Gasteiger partial charge in [-0.25, -0.2) is 0 Å². The van der Waals surface area contributed by atoms with Crippen molar-refractivity contribution in [3.63, 3.8) is 0 Å². The molecule has 1 heteroatoms. The molecule has 0 aromatic rings. The van der Waals surface area contributed by atoms with E-state index in [4.69, 9.17) is 0 Å². The molecule has 0 amide bonds. The van der Waals surface area contributed by atoms with Crippen LogP contribution in [0.3, 0.4) is 0 Å². The number of allylic oxidation sites excluding steroid dienone is 3. The van der Waals surface area contributed by atoms with Crippen LogP contribution in [0.2, 0.25) is 0 Å². The summed E-state index contributed by atoms with van der Waals surface area (Å²) in [5.74, 6) is 3.43. The van der Waals surface area contributed by atoms with Gasteiger partial charge >= 0.3 is 0 Å². The Balaban J connectivity index is 1.60. The maximum Gasteiger partial charge on any atom is 0.0594 e. The van der Waals surface area contributed by atoms with Gasteiger partial charge in [0.2, 0.25) is 0 Å². The summed E-state index contributed by atoms with van der Waals surface area (Å²) >= 11 is 0. The monoisotopic (exact) mass is 424 g/mol. The first-order valence-electron chi connectivity index (χ1n) is 13.3. The fourth-order valence-corrected chi connectivity index (χ4v) is 10.7. The minimum Gasteiger partial charge on any atom is -0.393 e. The summed E-state index contributed by atoms with van der Waals surface area (Å²) in [6.07, 6.45) is 15.6. The average Bonchev–Trinajstić information content (AvgIpc) is 3.04. The van der Waals surface area contributed by atoms with Gasteiger partial charge in [0, 0.05) is 0 Å². The third-order valence-electron chi connectivity index (χ3n) is 12.9. The summed E-state index contributed by atoms with van der Waals surface area (Å²) in [5, 5.41) is 10.9. The molecule has 0 radical (unpaired) electrons. The third kappa shape index (κ3) is 2.59. The van der Waals surface area contributed by atoms with E-state index in [1.54, 1.807) is 0 Å². The summed E-state index contributed by atoms with van der Waals surface area (Å²) in [6, 6.07) is 0. The van der Waals surface area contributed by atoms with Gasteiger partial charge in [0.15, 0.2) is 0 Å². The van der Waals surface area contributed by atoms with Crippen LogP contribution in [-0.2, 0) is 0 Å². The Kier molecular flexibility index (Phi) is 4.68. The molecule has 1 nitrogen and oxygen atoms in total. The molecule has 31 heavy (non-hydrogen) atoms. The number of rotatable bonds is 1. The van der Waals surface area contributed by atoms with Gasteiger partial charge in [-0.1, -0.05) is 65.8 Å². The van der Waals surface area contributed by atoms with Crippen molar-refractivity contribution < 1.29 is 5.11 Å².